The third-order valence-electron chi connectivity index (χ3n) is 3.00. The predicted molar refractivity (Wildman–Crippen MR) is 91.1 cm³/mol. The Kier molecular flexibility index (Phi) is 7.36. The number of aromatic nitrogens is 1. The van der Waals surface area contributed by atoms with Crippen LogP contribution in [0.1, 0.15) is 25.3 Å². The molecule has 0 aliphatic heterocycles. The first kappa shape index (κ1) is 17.6. The number of amides is 1. The first-order chi connectivity index (χ1) is 9.72. The summed E-state index contributed by atoms with van der Waals surface area (Å²) in [7, 11) is 0. The van der Waals surface area contributed by atoms with E-state index in [2.05, 4.69) is 41.5 Å². The van der Waals surface area contributed by atoms with Gasteiger partial charge in [-0.15, -0.1) is 23.7 Å². The molecule has 6 heteroatoms. The van der Waals surface area contributed by atoms with Crippen molar-refractivity contribution in [3.63, 3.8) is 0 Å². The number of aryl methyl sites for hydroxylation is 1. The van der Waals surface area contributed by atoms with Crippen molar-refractivity contribution in [2.75, 3.05) is 11.9 Å². The maximum atomic E-state index is 11.2. The average Bonchev–Trinajstić information content (AvgIpc) is 2.94. The summed E-state index contributed by atoms with van der Waals surface area (Å²) in [6.45, 7) is 2.17. The number of nitrogens with zero attached hydrogens (tertiary/aromatic N) is 1. The minimum absolute atomic E-state index is 0. The van der Waals surface area contributed by atoms with Gasteiger partial charge >= 0.3 is 0 Å². The molecule has 0 spiro atoms. The van der Waals surface area contributed by atoms with Crippen LogP contribution in [0, 0.1) is 0 Å². The Hall–Kier alpha value is -1.43. The first-order valence-corrected chi connectivity index (χ1v) is 7.65. The van der Waals surface area contributed by atoms with Crippen molar-refractivity contribution in [3.05, 3.63) is 35.2 Å². The van der Waals surface area contributed by atoms with E-state index >= 15 is 0 Å². The molecule has 0 fully saturated rings. The van der Waals surface area contributed by atoms with Gasteiger partial charge in [-0.25, -0.2) is 4.98 Å². The molecule has 1 heterocycles. The standard InChI is InChI=1S/C15H19N3OS.ClH/c1-2-3-4-11-5-7-12(8-6-11)13-10-20-15(17-13)18-14(19)9-16;/h5-8,10H,2-4,9,16H2,1H3,(H,17,18,19);1H. The molecule has 0 bridgehead atoms. The Morgan fingerprint density at radius 3 is 2.67 bits per heavy atom. The second-order valence-corrected chi connectivity index (χ2v) is 5.45. The van der Waals surface area contributed by atoms with E-state index in [1.807, 2.05) is 5.38 Å². The predicted octanol–water partition coefficient (Wildman–Crippen LogP) is 3.47. The minimum atomic E-state index is -0.221. The van der Waals surface area contributed by atoms with E-state index in [4.69, 9.17) is 5.73 Å². The van der Waals surface area contributed by atoms with Crippen molar-refractivity contribution >= 4 is 34.8 Å². The largest absolute Gasteiger partial charge is 0.322 e. The fourth-order valence-corrected chi connectivity index (χ4v) is 2.59. The molecule has 0 saturated carbocycles. The smallest absolute Gasteiger partial charge is 0.239 e. The molecular weight excluding hydrogens is 306 g/mol. The van der Waals surface area contributed by atoms with Crippen molar-refractivity contribution in [1.29, 1.82) is 0 Å². The van der Waals surface area contributed by atoms with Crippen LogP contribution < -0.4 is 11.1 Å². The number of halogens is 1. The SMILES string of the molecule is CCCCc1ccc(-c2csc(NC(=O)CN)n2)cc1.Cl. The molecule has 1 amide bonds. The topological polar surface area (TPSA) is 68.0 Å². The molecule has 1 aromatic heterocycles. The number of hydrogen-bond donors (Lipinski definition) is 2. The average molecular weight is 326 g/mol. The number of nitrogens with two attached hydrogens (primary N) is 1. The number of benzene rings is 1. The van der Waals surface area contributed by atoms with Crippen LogP contribution in [0.2, 0.25) is 0 Å². The number of carbonyl (C=O) groups is 1. The van der Waals surface area contributed by atoms with Crippen molar-refractivity contribution < 1.29 is 4.79 Å². The van der Waals surface area contributed by atoms with Crippen LogP contribution in [-0.2, 0) is 11.2 Å². The fourth-order valence-electron chi connectivity index (χ4n) is 1.86. The summed E-state index contributed by atoms with van der Waals surface area (Å²) < 4.78 is 0. The fraction of sp³-hybridized carbons (Fsp3) is 0.333. The lowest BCUT2D eigenvalue weighted by Gasteiger charge is -2.01. The molecule has 114 valence electrons. The molecular formula is C15H20ClN3OS. The van der Waals surface area contributed by atoms with E-state index in [0.717, 1.165) is 17.7 Å². The number of nitrogens with one attached hydrogen (secondary N) is 1. The summed E-state index contributed by atoms with van der Waals surface area (Å²) >= 11 is 1.41. The Bertz CT molecular complexity index is 569. The van der Waals surface area contributed by atoms with Crippen molar-refractivity contribution in [3.8, 4) is 11.3 Å². The zero-order chi connectivity index (χ0) is 14.4. The summed E-state index contributed by atoms with van der Waals surface area (Å²) in [5.74, 6) is -0.221. The molecule has 21 heavy (non-hydrogen) atoms. The first-order valence-electron chi connectivity index (χ1n) is 6.77. The molecule has 0 saturated heterocycles. The highest BCUT2D eigenvalue weighted by Gasteiger charge is 2.06. The molecule has 2 aromatic rings. The molecule has 0 radical (unpaired) electrons. The molecule has 0 aliphatic carbocycles. The van der Waals surface area contributed by atoms with Gasteiger partial charge in [0.2, 0.25) is 5.91 Å². The Morgan fingerprint density at radius 1 is 1.33 bits per heavy atom. The highest BCUT2D eigenvalue weighted by molar-refractivity contribution is 7.14. The summed E-state index contributed by atoms with van der Waals surface area (Å²) in [5.41, 5.74) is 8.55. The van der Waals surface area contributed by atoms with Crippen molar-refractivity contribution in [2.45, 2.75) is 26.2 Å². The third-order valence-corrected chi connectivity index (χ3v) is 3.76. The lowest BCUT2D eigenvalue weighted by Crippen LogP contribution is -2.21. The monoisotopic (exact) mass is 325 g/mol. The summed E-state index contributed by atoms with van der Waals surface area (Å²) in [6, 6.07) is 8.44. The van der Waals surface area contributed by atoms with Gasteiger partial charge in [0.05, 0.1) is 12.2 Å². The van der Waals surface area contributed by atoms with Gasteiger partial charge < -0.3 is 11.1 Å². The molecule has 2 rings (SSSR count). The normalized spacial score (nSPS) is 10.0. The van der Waals surface area contributed by atoms with Crippen molar-refractivity contribution in [1.82, 2.24) is 4.98 Å². The zero-order valence-electron chi connectivity index (χ0n) is 12.0. The van der Waals surface area contributed by atoms with E-state index in [1.54, 1.807) is 0 Å². The number of hydrogen-bond acceptors (Lipinski definition) is 4. The molecule has 3 N–H and O–H groups in total. The van der Waals surface area contributed by atoms with E-state index in [-0.39, 0.29) is 24.9 Å². The molecule has 0 aliphatic rings. The Labute approximate surface area is 135 Å². The molecule has 4 nitrogen and oxygen atoms in total. The van der Waals surface area contributed by atoms with E-state index in [1.165, 1.54) is 29.7 Å². The number of rotatable bonds is 6. The van der Waals surface area contributed by atoms with Gasteiger partial charge in [-0.3, -0.25) is 4.79 Å². The highest BCUT2D eigenvalue weighted by atomic mass is 35.5. The lowest BCUT2D eigenvalue weighted by atomic mass is 10.1. The Balaban J connectivity index is 0.00000220. The van der Waals surface area contributed by atoms with Gasteiger partial charge in [-0.1, -0.05) is 37.6 Å². The van der Waals surface area contributed by atoms with Gasteiger partial charge in [0.15, 0.2) is 5.13 Å². The van der Waals surface area contributed by atoms with Gasteiger partial charge in [-0.05, 0) is 18.4 Å². The van der Waals surface area contributed by atoms with Crippen LogP contribution in [0.15, 0.2) is 29.6 Å². The third kappa shape index (κ3) is 5.12. The van der Waals surface area contributed by atoms with Crippen molar-refractivity contribution in [2.24, 2.45) is 5.73 Å². The molecule has 0 unspecified atom stereocenters. The van der Waals surface area contributed by atoms with Crippen LogP contribution in [0.3, 0.4) is 0 Å². The highest BCUT2D eigenvalue weighted by Crippen LogP contribution is 2.25. The number of unbranched alkanes of at least 4 members (excludes halogenated alkanes) is 1. The zero-order valence-corrected chi connectivity index (χ0v) is 13.6. The quantitative estimate of drug-likeness (QED) is 0.854. The molecule has 0 atom stereocenters. The van der Waals surface area contributed by atoms with Crippen LogP contribution in [-0.4, -0.2) is 17.4 Å². The van der Waals surface area contributed by atoms with E-state index in [0.29, 0.717) is 5.13 Å². The minimum Gasteiger partial charge on any atom is -0.322 e. The number of thiazole rings is 1. The van der Waals surface area contributed by atoms with Crippen LogP contribution in [0.4, 0.5) is 5.13 Å². The van der Waals surface area contributed by atoms with Crippen LogP contribution in [0.5, 0.6) is 0 Å². The maximum Gasteiger partial charge on any atom is 0.239 e. The number of carbonyl (C=O) groups excluding carboxylic acids is 1. The summed E-state index contributed by atoms with van der Waals surface area (Å²) in [4.78, 5) is 15.6. The van der Waals surface area contributed by atoms with Crippen LogP contribution >= 0.6 is 23.7 Å². The van der Waals surface area contributed by atoms with Gasteiger partial charge in [0, 0.05) is 10.9 Å². The Morgan fingerprint density at radius 2 is 2.05 bits per heavy atom. The second kappa shape index (κ2) is 8.77. The maximum absolute atomic E-state index is 11.2. The van der Waals surface area contributed by atoms with Gasteiger partial charge in [0.25, 0.3) is 0 Å². The van der Waals surface area contributed by atoms with Crippen LogP contribution in [0.25, 0.3) is 11.3 Å². The van der Waals surface area contributed by atoms with Gasteiger partial charge in [-0.2, -0.15) is 0 Å². The molecule has 1 aromatic carbocycles. The number of anilines is 1. The van der Waals surface area contributed by atoms with Gasteiger partial charge in [0.1, 0.15) is 0 Å². The van der Waals surface area contributed by atoms with E-state index < -0.39 is 0 Å². The summed E-state index contributed by atoms with van der Waals surface area (Å²) in [6.07, 6.45) is 3.54. The summed E-state index contributed by atoms with van der Waals surface area (Å²) in [5, 5.41) is 5.19. The second-order valence-electron chi connectivity index (χ2n) is 4.59. The lowest BCUT2D eigenvalue weighted by molar-refractivity contribution is -0.114. The van der Waals surface area contributed by atoms with E-state index in [9.17, 15) is 4.79 Å².